The van der Waals surface area contributed by atoms with E-state index in [1.807, 2.05) is 30.3 Å². The van der Waals surface area contributed by atoms with Crippen LogP contribution in [-0.2, 0) is 10.5 Å². The number of anilines is 2. The first-order chi connectivity index (χ1) is 14.2. The Balaban J connectivity index is 1.41. The van der Waals surface area contributed by atoms with Crippen LogP contribution in [0.3, 0.4) is 0 Å². The number of carbonyl (C=O) groups excluding carboxylic acids is 1. The quantitative estimate of drug-likeness (QED) is 0.618. The molecule has 1 amide bonds. The van der Waals surface area contributed by atoms with Crippen LogP contribution in [0.15, 0.2) is 52.0 Å². The summed E-state index contributed by atoms with van der Waals surface area (Å²) in [5, 5.41) is 6.82. The molecule has 4 rings (SSSR count). The van der Waals surface area contributed by atoms with Crippen molar-refractivity contribution in [2.45, 2.75) is 17.6 Å². The summed E-state index contributed by atoms with van der Waals surface area (Å²) in [5.74, 6) is 2.36. The van der Waals surface area contributed by atoms with E-state index in [1.54, 1.807) is 19.2 Å². The van der Waals surface area contributed by atoms with Gasteiger partial charge < -0.3 is 19.5 Å². The summed E-state index contributed by atoms with van der Waals surface area (Å²) in [5.41, 5.74) is 1.25. The van der Waals surface area contributed by atoms with Crippen molar-refractivity contribution in [1.82, 2.24) is 15.1 Å². The Bertz CT molecular complexity index is 970. The predicted molar refractivity (Wildman–Crippen MR) is 110 cm³/mol. The molecular weight excluding hydrogens is 390 g/mol. The molecule has 0 bridgehead atoms. The van der Waals surface area contributed by atoms with Crippen LogP contribution in [-0.4, -0.2) is 47.3 Å². The number of amides is 1. The molecule has 29 heavy (non-hydrogen) atoms. The molecule has 1 aliphatic heterocycles. The molecule has 0 aliphatic carbocycles. The van der Waals surface area contributed by atoms with Crippen LogP contribution in [0.2, 0.25) is 0 Å². The Morgan fingerprint density at radius 1 is 1.21 bits per heavy atom. The number of benzene rings is 1. The summed E-state index contributed by atoms with van der Waals surface area (Å²) >= 11 is 1.49. The molecule has 1 fully saturated rings. The third-order valence-corrected chi connectivity index (χ3v) is 5.47. The van der Waals surface area contributed by atoms with Crippen molar-refractivity contribution in [2.24, 2.45) is 0 Å². The van der Waals surface area contributed by atoms with E-state index >= 15 is 0 Å². The maximum absolute atomic E-state index is 12.8. The molecule has 9 heteroatoms. The fraction of sp³-hybridized carbons (Fsp3) is 0.300. The van der Waals surface area contributed by atoms with Crippen molar-refractivity contribution in [3.05, 3.63) is 59.9 Å². The molecule has 3 aromatic rings. The topological polar surface area (TPSA) is 93.4 Å². The van der Waals surface area contributed by atoms with E-state index in [0.29, 0.717) is 41.9 Å². The lowest BCUT2D eigenvalue weighted by molar-refractivity contribution is 0.102. The van der Waals surface area contributed by atoms with Crippen LogP contribution in [0.4, 0.5) is 11.5 Å². The van der Waals surface area contributed by atoms with Gasteiger partial charge in [-0.25, -0.2) is 4.98 Å². The summed E-state index contributed by atoms with van der Waals surface area (Å²) in [6.07, 6.45) is 1.68. The molecule has 1 aromatic carbocycles. The summed E-state index contributed by atoms with van der Waals surface area (Å²) in [4.78, 5) is 24.5. The number of nitrogens with zero attached hydrogens (tertiary/aromatic N) is 4. The molecule has 8 nitrogen and oxygen atoms in total. The summed E-state index contributed by atoms with van der Waals surface area (Å²) in [6.45, 7) is 4.81. The molecule has 1 saturated heterocycles. The van der Waals surface area contributed by atoms with E-state index in [9.17, 15) is 4.79 Å². The molecule has 0 saturated carbocycles. The van der Waals surface area contributed by atoms with E-state index in [4.69, 9.17) is 9.26 Å². The van der Waals surface area contributed by atoms with E-state index < -0.39 is 0 Å². The molecule has 0 unspecified atom stereocenters. The van der Waals surface area contributed by atoms with Gasteiger partial charge in [-0.2, -0.15) is 4.98 Å². The molecule has 1 N–H and O–H groups in total. The third-order valence-electron chi connectivity index (χ3n) is 4.40. The first-order valence-electron chi connectivity index (χ1n) is 9.30. The maximum atomic E-state index is 12.8. The van der Waals surface area contributed by atoms with Gasteiger partial charge in [0.15, 0.2) is 5.82 Å². The zero-order valence-corrected chi connectivity index (χ0v) is 16.8. The van der Waals surface area contributed by atoms with Crippen molar-refractivity contribution in [2.75, 3.05) is 36.5 Å². The zero-order chi connectivity index (χ0) is 20.1. The molecular formula is C20H21N5O3S. The SMILES string of the molecule is Cc1nc(CSc2ccccc2C(=O)Nc2ccc(N3CCOCC3)nc2)no1. The number of nitrogens with one attached hydrogen (secondary N) is 1. The summed E-state index contributed by atoms with van der Waals surface area (Å²) in [6, 6.07) is 11.2. The molecule has 2 aromatic heterocycles. The van der Waals surface area contributed by atoms with E-state index in [1.165, 1.54) is 11.8 Å². The number of rotatable bonds is 6. The molecule has 3 heterocycles. The molecule has 0 atom stereocenters. The Morgan fingerprint density at radius 2 is 2.03 bits per heavy atom. The van der Waals surface area contributed by atoms with Crippen LogP contribution in [0, 0.1) is 6.92 Å². The number of hydrogen-bond donors (Lipinski definition) is 1. The Kier molecular flexibility index (Phi) is 6.06. The van der Waals surface area contributed by atoms with Gasteiger partial charge in [-0.05, 0) is 24.3 Å². The van der Waals surface area contributed by atoms with Crippen molar-refractivity contribution in [3.8, 4) is 0 Å². The highest BCUT2D eigenvalue weighted by molar-refractivity contribution is 7.98. The third kappa shape index (κ3) is 4.93. The van der Waals surface area contributed by atoms with E-state index in [2.05, 4.69) is 25.3 Å². The maximum Gasteiger partial charge on any atom is 0.256 e. The molecule has 1 aliphatic rings. The largest absolute Gasteiger partial charge is 0.378 e. The Labute approximate surface area is 172 Å². The second-order valence-electron chi connectivity index (χ2n) is 6.47. The monoisotopic (exact) mass is 411 g/mol. The van der Waals surface area contributed by atoms with Crippen LogP contribution in [0.5, 0.6) is 0 Å². The summed E-state index contributed by atoms with van der Waals surface area (Å²) < 4.78 is 10.4. The summed E-state index contributed by atoms with van der Waals surface area (Å²) in [7, 11) is 0. The zero-order valence-electron chi connectivity index (χ0n) is 16.0. The molecule has 0 spiro atoms. The average Bonchev–Trinajstić information content (AvgIpc) is 3.19. The average molecular weight is 411 g/mol. The molecule has 0 radical (unpaired) electrons. The minimum atomic E-state index is -0.182. The highest BCUT2D eigenvalue weighted by Crippen LogP contribution is 2.26. The second-order valence-corrected chi connectivity index (χ2v) is 7.49. The second kappa shape index (κ2) is 9.06. The van der Waals surface area contributed by atoms with Crippen molar-refractivity contribution >= 4 is 29.2 Å². The van der Waals surface area contributed by atoms with Crippen molar-refractivity contribution in [1.29, 1.82) is 0 Å². The van der Waals surface area contributed by atoms with Gasteiger partial charge in [0.1, 0.15) is 5.82 Å². The van der Waals surface area contributed by atoms with Gasteiger partial charge in [0.25, 0.3) is 5.91 Å². The minimum absolute atomic E-state index is 0.182. The number of aromatic nitrogens is 3. The fourth-order valence-corrected chi connectivity index (χ4v) is 3.85. The smallest absolute Gasteiger partial charge is 0.256 e. The van der Waals surface area contributed by atoms with Crippen LogP contribution < -0.4 is 10.2 Å². The van der Waals surface area contributed by atoms with Crippen molar-refractivity contribution < 1.29 is 14.1 Å². The lowest BCUT2D eigenvalue weighted by Crippen LogP contribution is -2.36. The number of aryl methyl sites for hydroxylation is 1. The normalized spacial score (nSPS) is 14.0. The fourth-order valence-electron chi connectivity index (χ4n) is 2.96. The molecule has 150 valence electrons. The first kappa shape index (κ1) is 19.4. The van der Waals surface area contributed by atoms with Gasteiger partial charge >= 0.3 is 0 Å². The lowest BCUT2D eigenvalue weighted by atomic mass is 10.2. The van der Waals surface area contributed by atoms with Gasteiger partial charge in [0, 0.05) is 24.9 Å². The highest BCUT2D eigenvalue weighted by Gasteiger charge is 2.15. The predicted octanol–water partition coefficient (Wildman–Crippen LogP) is 3.15. The standard InChI is InChI=1S/C20H21N5O3S/c1-14-22-18(24-28-14)13-29-17-5-3-2-4-16(17)20(26)23-15-6-7-19(21-12-15)25-8-10-27-11-9-25/h2-7,12H,8-11,13H2,1H3,(H,23,26). The van der Waals surface area contributed by atoms with Gasteiger partial charge in [-0.1, -0.05) is 17.3 Å². The van der Waals surface area contributed by atoms with Gasteiger partial charge in [0.05, 0.1) is 36.4 Å². The minimum Gasteiger partial charge on any atom is -0.378 e. The lowest BCUT2D eigenvalue weighted by Gasteiger charge is -2.27. The van der Waals surface area contributed by atoms with Crippen molar-refractivity contribution in [3.63, 3.8) is 0 Å². The number of ether oxygens (including phenoxy) is 1. The first-order valence-corrected chi connectivity index (χ1v) is 10.3. The number of thioether (sulfide) groups is 1. The number of morpholine rings is 1. The Morgan fingerprint density at radius 3 is 2.76 bits per heavy atom. The van der Waals surface area contributed by atoms with Crippen LogP contribution in [0.1, 0.15) is 22.1 Å². The number of hydrogen-bond acceptors (Lipinski definition) is 8. The van der Waals surface area contributed by atoms with Gasteiger partial charge in [-0.15, -0.1) is 11.8 Å². The van der Waals surface area contributed by atoms with E-state index in [0.717, 1.165) is 23.8 Å². The van der Waals surface area contributed by atoms with Crippen LogP contribution in [0.25, 0.3) is 0 Å². The highest BCUT2D eigenvalue weighted by atomic mass is 32.2. The Hall–Kier alpha value is -2.91. The van der Waals surface area contributed by atoms with Gasteiger partial charge in [-0.3, -0.25) is 4.79 Å². The van der Waals surface area contributed by atoms with Crippen LogP contribution >= 0.6 is 11.8 Å². The van der Waals surface area contributed by atoms with Gasteiger partial charge in [0.2, 0.25) is 5.89 Å². The van der Waals surface area contributed by atoms with E-state index in [-0.39, 0.29) is 5.91 Å². The number of carbonyl (C=O) groups is 1. The number of pyridine rings is 1.